The van der Waals surface area contributed by atoms with Crippen LogP contribution in [0.25, 0.3) is 0 Å². The van der Waals surface area contributed by atoms with Crippen LogP contribution in [0.4, 0.5) is 5.69 Å². The Bertz CT molecular complexity index is 305. The maximum absolute atomic E-state index is 5.65. The normalized spacial score (nSPS) is 17.7. The van der Waals surface area contributed by atoms with Crippen LogP contribution in [-0.4, -0.2) is 11.0 Å². The van der Waals surface area contributed by atoms with E-state index in [1.165, 1.54) is 32.1 Å². The van der Waals surface area contributed by atoms with Crippen LogP contribution < -0.4 is 11.1 Å². The van der Waals surface area contributed by atoms with Gasteiger partial charge in [-0.05, 0) is 25.0 Å². The molecule has 0 radical (unpaired) electrons. The van der Waals surface area contributed by atoms with Gasteiger partial charge in [0.2, 0.25) is 0 Å². The molecule has 1 saturated carbocycles. The molecule has 3 heteroatoms. The van der Waals surface area contributed by atoms with E-state index in [4.69, 9.17) is 5.73 Å². The number of hydrogen-bond acceptors (Lipinski definition) is 3. The Balaban J connectivity index is 2.02. The molecule has 0 atom stereocenters. The standard InChI is InChI=1S/C12H19N3/c13-9-12-11(7-4-8-14-12)15-10-5-2-1-3-6-10/h4,7-8,10,15H,1-3,5-6,9,13H2. The minimum Gasteiger partial charge on any atom is -0.381 e. The van der Waals surface area contributed by atoms with Gasteiger partial charge in [0.1, 0.15) is 0 Å². The van der Waals surface area contributed by atoms with Crippen LogP contribution in [0.2, 0.25) is 0 Å². The first-order valence-electron chi connectivity index (χ1n) is 5.80. The highest BCUT2D eigenvalue weighted by molar-refractivity contribution is 5.48. The van der Waals surface area contributed by atoms with Gasteiger partial charge in [0.05, 0.1) is 11.4 Å². The van der Waals surface area contributed by atoms with Crippen LogP contribution >= 0.6 is 0 Å². The molecule has 1 aliphatic rings. The predicted octanol–water partition coefficient (Wildman–Crippen LogP) is 2.28. The van der Waals surface area contributed by atoms with Gasteiger partial charge in [0.15, 0.2) is 0 Å². The molecule has 3 nitrogen and oxygen atoms in total. The van der Waals surface area contributed by atoms with Crippen LogP contribution in [0.15, 0.2) is 18.3 Å². The predicted molar refractivity (Wildman–Crippen MR) is 62.6 cm³/mol. The highest BCUT2D eigenvalue weighted by Gasteiger charge is 2.14. The van der Waals surface area contributed by atoms with Crippen molar-refractivity contribution in [3.63, 3.8) is 0 Å². The molecular formula is C12H19N3. The second kappa shape index (κ2) is 5.12. The molecular weight excluding hydrogens is 186 g/mol. The largest absolute Gasteiger partial charge is 0.381 e. The zero-order valence-corrected chi connectivity index (χ0v) is 9.08. The van der Waals surface area contributed by atoms with Crippen molar-refractivity contribution >= 4 is 5.69 Å². The van der Waals surface area contributed by atoms with Crippen LogP contribution in [0, 0.1) is 0 Å². The van der Waals surface area contributed by atoms with Crippen molar-refractivity contribution in [2.75, 3.05) is 5.32 Å². The lowest BCUT2D eigenvalue weighted by Crippen LogP contribution is -2.23. The Morgan fingerprint density at radius 2 is 2.13 bits per heavy atom. The molecule has 0 spiro atoms. The molecule has 82 valence electrons. The topological polar surface area (TPSA) is 50.9 Å². The number of rotatable bonds is 3. The van der Waals surface area contributed by atoms with E-state index in [0.717, 1.165) is 11.4 Å². The van der Waals surface area contributed by atoms with Crippen molar-refractivity contribution in [1.82, 2.24) is 4.98 Å². The van der Waals surface area contributed by atoms with E-state index < -0.39 is 0 Å². The van der Waals surface area contributed by atoms with Crippen molar-refractivity contribution in [3.8, 4) is 0 Å². The summed E-state index contributed by atoms with van der Waals surface area (Å²) >= 11 is 0. The number of nitrogens with zero attached hydrogens (tertiary/aromatic N) is 1. The van der Waals surface area contributed by atoms with Crippen LogP contribution in [0.1, 0.15) is 37.8 Å². The summed E-state index contributed by atoms with van der Waals surface area (Å²) in [4.78, 5) is 4.28. The molecule has 2 rings (SSSR count). The van der Waals surface area contributed by atoms with Gasteiger partial charge in [-0.2, -0.15) is 0 Å². The maximum atomic E-state index is 5.65. The van der Waals surface area contributed by atoms with Crippen LogP contribution in [0.5, 0.6) is 0 Å². The Kier molecular flexibility index (Phi) is 3.56. The van der Waals surface area contributed by atoms with E-state index in [-0.39, 0.29) is 0 Å². The lowest BCUT2D eigenvalue weighted by atomic mass is 9.95. The fourth-order valence-electron chi connectivity index (χ4n) is 2.20. The third-order valence-corrected chi connectivity index (χ3v) is 3.05. The SMILES string of the molecule is NCc1ncccc1NC1CCCCC1. The molecule has 0 unspecified atom stereocenters. The van der Waals surface area contributed by atoms with Crippen LogP contribution in [-0.2, 0) is 6.54 Å². The molecule has 0 amide bonds. The highest BCUT2D eigenvalue weighted by atomic mass is 14.9. The first-order valence-corrected chi connectivity index (χ1v) is 5.80. The molecule has 0 saturated heterocycles. The van der Waals surface area contributed by atoms with E-state index in [0.29, 0.717) is 12.6 Å². The Labute approximate surface area is 91.1 Å². The fraction of sp³-hybridized carbons (Fsp3) is 0.583. The Morgan fingerprint density at radius 1 is 1.33 bits per heavy atom. The lowest BCUT2D eigenvalue weighted by molar-refractivity contribution is 0.462. The van der Waals surface area contributed by atoms with E-state index in [9.17, 15) is 0 Å². The molecule has 3 N–H and O–H groups in total. The third-order valence-electron chi connectivity index (χ3n) is 3.05. The van der Waals surface area contributed by atoms with Gasteiger partial charge < -0.3 is 11.1 Å². The third kappa shape index (κ3) is 2.69. The number of hydrogen-bond donors (Lipinski definition) is 2. The molecule has 1 aromatic rings. The second-order valence-electron chi connectivity index (χ2n) is 4.18. The fourth-order valence-corrected chi connectivity index (χ4v) is 2.20. The van der Waals surface area contributed by atoms with Crippen LogP contribution in [0.3, 0.4) is 0 Å². The summed E-state index contributed by atoms with van der Waals surface area (Å²) in [6.45, 7) is 0.510. The van der Waals surface area contributed by atoms with E-state index in [1.807, 2.05) is 6.07 Å². The molecule has 1 fully saturated rings. The van der Waals surface area contributed by atoms with Crippen molar-refractivity contribution < 1.29 is 0 Å². The zero-order valence-electron chi connectivity index (χ0n) is 9.08. The van der Waals surface area contributed by atoms with E-state index in [2.05, 4.69) is 16.4 Å². The summed E-state index contributed by atoms with van der Waals surface area (Å²) in [6.07, 6.45) is 8.42. The Morgan fingerprint density at radius 3 is 2.87 bits per heavy atom. The zero-order chi connectivity index (χ0) is 10.5. The van der Waals surface area contributed by atoms with Crippen molar-refractivity contribution in [1.29, 1.82) is 0 Å². The quantitative estimate of drug-likeness (QED) is 0.796. The second-order valence-corrected chi connectivity index (χ2v) is 4.18. The molecule has 0 aromatic carbocycles. The number of anilines is 1. The molecule has 15 heavy (non-hydrogen) atoms. The smallest absolute Gasteiger partial charge is 0.0770 e. The van der Waals surface area contributed by atoms with E-state index >= 15 is 0 Å². The van der Waals surface area contributed by atoms with Gasteiger partial charge in [-0.25, -0.2) is 0 Å². The number of pyridine rings is 1. The average Bonchev–Trinajstić information content (AvgIpc) is 2.31. The molecule has 0 bridgehead atoms. The Hall–Kier alpha value is -1.09. The molecule has 1 aromatic heterocycles. The molecule has 1 aliphatic carbocycles. The van der Waals surface area contributed by atoms with Crippen molar-refractivity contribution in [2.24, 2.45) is 5.73 Å². The molecule has 0 aliphatic heterocycles. The average molecular weight is 205 g/mol. The first-order chi connectivity index (χ1) is 7.40. The summed E-state index contributed by atoms with van der Waals surface area (Å²) < 4.78 is 0. The van der Waals surface area contributed by atoms with Crippen molar-refractivity contribution in [2.45, 2.75) is 44.7 Å². The highest BCUT2D eigenvalue weighted by Crippen LogP contribution is 2.22. The number of nitrogens with one attached hydrogen (secondary N) is 1. The minimum atomic E-state index is 0.510. The summed E-state index contributed by atoms with van der Waals surface area (Å²) in [5.74, 6) is 0. The van der Waals surface area contributed by atoms with Gasteiger partial charge in [-0.3, -0.25) is 4.98 Å². The summed E-state index contributed by atoms with van der Waals surface area (Å²) in [6, 6.07) is 4.65. The maximum Gasteiger partial charge on any atom is 0.0770 e. The first kappa shape index (κ1) is 10.4. The van der Waals surface area contributed by atoms with E-state index in [1.54, 1.807) is 6.20 Å². The summed E-state index contributed by atoms with van der Waals surface area (Å²) in [5, 5.41) is 3.56. The molecule has 1 heterocycles. The van der Waals surface area contributed by atoms with Gasteiger partial charge in [0, 0.05) is 18.8 Å². The summed E-state index contributed by atoms with van der Waals surface area (Å²) in [5.41, 5.74) is 7.75. The lowest BCUT2D eigenvalue weighted by Gasteiger charge is -2.24. The van der Waals surface area contributed by atoms with Gasteiger partial charge in [-0.15, -0.1) is 0 Å². The van der Waals surface area contributed by atoms with Gasteiger partial charge >= 0.3 is 0 Å². The monoisotopic (exact) mass is 205 g/mol. The number of nitrogens with two attached hydrogens (primary N) is 1. The summed E-state index contributed by atoms with van der Waals surface area (Å²) in [7, 11) is 0. The van der Waals surface area contributed by atoms with Crippen molar-refractivity contribution in [3.05, 3.63) is 24.0 Å². The van der Waals surface area contributed by atoms with Gasteiger partial charge in [-0.1, -0.05) is 19.3 Å². The number of aromatic nitrogens is 1. The van der Waals surface area contributed by atoms with Gasteiger partial charge in [0.25, 0.3) is 0 Å². The minimum absolute atomic E-state index is 0.510.